The van der Waals surface area contributed by atoms with E-state index in [0.29, 0.717) is 17.6 Å². The van der Waals surface area contributed by atoms with Crippen molar-refractivity contribution >= 4 is 62.8 Å². The molecule has 0 saturated carbocycles. The fourth-order valence-electron chi connectivity index (χ4n) is 1.94. The van der Waals surface area contributed by atoms with Crippen LogP contribution in [0.15, 0.2) is 28.7 Å². The summed E-state index contributed by atoms with van der Waals surface area (Å²) in [7, 11) is 0. The third-order valence-electron chi connectivity index (χ3n) is 2.84. The summed E-state index contributed by atoms with van der Waals surface area (Å²) < 4.78 is 12.7. The molecule has 1 unspecified atom stereocenters. The number of hydrogen-bond acceptors (Lipinski definition) is 3. The van der Waals surface area contributed by atoms with Crippen molar-refractivity contribution in [3.63, 3.8) is 0 Å². The number of amides is 2. The number of carbonyl (C=O) groups is 1. The van der Waals surface area contributed by atoms with E-state index in [2.05, 4.69) is 21.4 Å². The summed E-state index contributed by atoms with van der Waals surface area (Å²) in [6, 6.07) is 6.84. The lowest BCUT2D eigenvalue weighted by Gasteiger charge is -2.25. The van der Waals surface area contributed by atoms with Crippen molar-refractivity contribution < 1.29 is 9.18 Å². The summed E-state index contributed by atoms with van der Waals surface area (Å²) >= 11 is 14.4. The maximum absolute atomic E-state index is 13.4. The molecule has 1 aliphatic heterocycles. The molecular formula is C12H13BrCl2FN3OS. The number of hydrazine groups is 1. The lowest BCUT2D eigenvalue weighted by molar-refractivity contribution is 0.235. The van der Waals surface area contributed by atoms with Crippen LogP contribution in [0.3, 0.4) is 0 Å². The van der Waals surface area contributed by atoms with E-state index in [-0.39, 0.29) is 12.1 Å². The fraction of sp³-hybridized carbons (Fsp3) is 0.417. The van der Waals surface area contributed by atoms with Crippen LogP contribution in [-0.2, 0) is 0 Å². The van der Waals surface area contributed by atoms with Gasteiger partial charge in [-0.05, 0) is 30.2 Å². The molecule has 21 heavy (non-hydrogen) atoms. The van der Waals surface area contributed by atoms with Crippen molar-refractivity contribution in [1.29, 1.82) is 0 Å². The number of rotatable bonds is 4. The maximum Gasteiger partial charge on any atom is 0.350 e. The first-order valence-electron chi connectivity index (χ1n) is 6.10. The Labute approximate surface area is 145 Å². The fourth-order valence-corrected chi connectivity index (χ4v) is 3.15. The Morgan fingerprint density at radius 2 is 1.95 bits per heavy atom. The Morgan fingerprint density at radius 3 is 2.43 bits per heavy atom. The van der Waals surface area contributed by atoms with Crippen LogP contribution in [0.2, 0.25) is 0 Å². The first-order valence-corrected chi connectivity index (χ1v) is 8.42. The standard InChI is InChI=1S/C12H13BrCl2FN3OS/c1-7(2)10-17-19(21-12(14,15)16)11(20)18(10)9-5-3-8(13)4-6-9/h3-7,10,17H,1-2H3. The van der Waals surface area contributed by atoms with E-state index in [9.17, 15) is 9.18 Å². The van der Waals surface area contributed by atoms with Crippen LogP contribution < -0.4 is 10.3 Å². The molecule has 0 spiro atoms. The van der Waals surface area contributed by atoms with Crippen LogP contribution in [0.4, 0.5) is 14.9 Å². The zero-order valence-electron chi connectivity index (χ0n) is 11.2. The molecule has 1 fully saturated rings. The second kappa shape index (κ2) is 6.50. The summed E-state index contributed by atoms with van der Waals surface area (Å²) in [6.07, 6.45) is -0.318. The highest BCUT2D eigenvalue weighted by molar-refractivity contribution is 9.10. The van der Waals surface area contributed by atoms with Gasteiger partial charge in [0.2, 0.25) is 0 Å². The average Bonchev–Trinajstić information content (AvgIpc) is 2.66. The van der Waals surface area contributed by atoms with E-state index in [1.807, 2.05) is 26.0 Å². The zero-order chi connectivity index (χ0) is 15.8. The third-order valence-corrected chi connectivity index (χ3v) is 4.43. The quantitative estimate of drug-likeness (QED) is 0.560. The van der Waals surface area contributed by atoms with Crippen LogP contribution in [0.25, 0.3) is 0 Å². The van der Waals surface area contributed by atoms with E-state index < -0.39 is 9.95 Å². The highest BCUT2D eigenvalue weighted by atomic mass is 79.9. The Hall–Kier alpha value is -0.210. The number of nitrogens with zero attached hydrogens (tertiary/aromatic N) is 2. The first kappa shape index (κ1) is 17.1. The molecule has 9 heteroatoms. The summed E-state index contributed by atoms with van der Waals surface area (Å²) in [5.74, 6) is 0.0999. The van der Waals surface area contributed by atoms with Crippen molar-refractivity contribution in [2.45, 2.75) is 23.9 Å². The molecule has 0 radical (unpaired) electrons. The summed E-state index contributed by atoms with van der Waals surface area (Å²) in [4.78, 5) is 14.0. The molecule has 4 nitrogen and oxygen atoms in total. The Morgan fingerprint density at radius 1 is 1.38 bits per heavy atom. The van der Waals surface area contributed by atoms with Crippen LogP contribution in [0.5, 0.6) is 0 Å². The minimum Gasteiger partial charge on any atom is -0.275 e. The van der Waals surface area contributed by atoms with Gasteiger partial charge in [-0.25, -0.2) is 4.79 Å². The number of halogens is 4. The van der Waals surface area contributed by atoms with Crippen LogP contribution in [-0.4, -0.2) is 20.5 Å². The normalized spacial score (nSPS) is 19.8. The molecule has 1 aromatic rings. The van der Waals surface area contributed by atoms with E-state index in [0.717, 1.165) is 8.89 Å². The van der Waals surface area contributed by atoms with Gasteiger partial charge in [0.1, 0.15) is 6.17 Å². The minimum atomic E-state index is -2.58. The van der Waals surface area contributed by atoms with Gasteiger partial charge in [0.25, 0.3) is 0 Å². The largest absolute Gasteiger partial charge is 0.350 e. The van der Waals surface area contributed by atoms with Crippen molar-refractivity contribution in [3.8, 4) is 0 Å². The number of carbonyl (C=O) groups excluding carboxylic acids is 1. The molecular weight excluding hydrogens is 404 g/mol. The number of alkyl halides is 3. The predicted molar refractivity (Wildman–Crippen MR) is 88.8 cm³/mol. The lowest BCUT2D eigenvalue weighted by atomic mass is 10.1. The van der Waals surface area contributed by atoms with Gasteiger partial charge in [-0.1, -0.05) is 53.0 Å². The lowest BCUT2D eigenvalue weighted by Crippen LogP contribution is -2.41. The van der Waals surface area contributed by atoms with Crippen molar-refractivity contribution in [1.82, 2.24) is 9.84 Å². The Bertz CT molecular complexity index is 526. The second-order valence-corrected chi connectivity index (χ2v) is 8.49. The summed E-state index contributed by atoms with van der Waals surface area (Å²) in [5.41, 5.74) is 3.61. The molecule has 0 aromatic heterocycles. The minimum absolute atomic E-state index is 0.0999. The molecule has 116 valence electrons. The monoisotopic (exact) mass is 415 g/mol. The van der Waals surface area contributed by atoms with E-state index in [1.165, 1.54) is 0 Å². The predicted octanol–water partition coefficient (Wildman–Crippen LogP) is 4.88. The van der Waals surface area contributed by atoms with Gasteiger partial charge < -0.3 is 0 Å². The van der Waals surface area contributed by atoms with Gasteiger partial charge >= 0.3 is 9.95 Å². The highest BCUT2D eigenvalue weighted by Gasteiger charge is 2.43. The molecule has 2 amide bonds. The number of anilines is 1. The molecule has 0 aliphatic carbocycles. The maximum atomic E-state index is 13.4. The van der Waals surface area contributed by atoms with Gasteiger partial charge in [0, 0.05) is 22.1 Å². The highest BCUT2D eigenvalue weighted by Crippen LogP contribution is 2.40. The summed E-state index contributed by atoms with van der Waals surface area (Å²) in [5, 5.41) is 0. The van der Waals surface area contributed by atoms with Gasteiger partial charge in [0.15, 0.2) is 0 Å². The molecule has 1 heterocycles. The van der Waals surface area contributed by atoms with Gasteiger partial charge in [-0.3, -0.25) is 4.90 Å². The van der Waals surface area contributed by atoms with Crippen molar-refractivity contribution in [2.24, 2.45) is 5.92 Å². The Balaban J connectivity index is 2.29. The molecule has 0 bridgehead atoms. The van der Waals surface area contributed by atoms with E-state index in [1.54, 1.807) is 17.0 Å². The number of hydrogen-bond donors (Lipinski definition) is 1. The molecule has 1 N–H and O–H groups in total. The molecule has 1 saturated heterocycles. The molecule has 2 rings (SSSR count). The van der Waals surface area contributed by atoms with Gasteiger partial charge in [-0.15, -0.1) is 0 Å². The van der Waals surface area contributed by atoms with Crippen molar-refractivity contribution in [3.05, 3.63) is 28.7 Å². The SMILES string of the molecule is CC(C)C1NN(SC(F)(Cl)Cl)C(=O)N1c1ccc(Br)cc1. The first-order chi connectivity index (χ1) is 9.69. The van der Waals surface area contributed by atoms with Gasteiger partial charge in [0.05, 0.1) is 0 Å². The van der Waals surface area contributed by atoms with Gasteiger partial charge in [-0.2, -0.15) is 14.2 Å². The van der Waals surface area contributed by atoms with Crippen LogP contribution in [0.1, 0.15) is 13.8 Å². The van der Waals surface area contributed by atoms with E-state index in [4.69, 9.17) is 23.2 Å². The average molecular weight is 417 g/mol. The smallest absolute Gasteiger partial charge is 0.275 e. The van der Waals surface area contributed by atoms with Crippen LogP contribution >= 0.6 is 51.1 Å². The van der Waals surface area contributed by atoms with E-state index >= 15 is 0 Å². The molecule has 1 aromatic carbocycles. The summed E-state index contributed by atoms with van der Waals surface area (Å²) in [6.45, 7) is 3.91. The Kier molecular flexibility index (Phi) is 5.31. The molecule has 1 aliphatic rings. The number of urea groups is 1. The second-order valence-electron chi connectivity index (χ2n) is 4.78. The topological polar surface area (TPSA) is 35.6 Å². The number of nitrogens with one attached hydrogen (secondary N) is 1. The van der Waals surface area contributed by atoms with Crippen molar-refractivity contribution in [2.75, 3.05) is 4.90 Å². The number of benzene rings is 1. The zero-order valence-corrected chi connectivity index (χ0v) is 15.1. The van der Waals surface area contributed by atoms with Crippen LogP contribution in [0, 0.1) is 5.92 Å². The molecule has 1 atom stereocenters. The third kappa shape index (κ3) is 4.16.